The van der Waals surface area contributed by atoms with Crippen LogP contribution in [0, 0.1) is 0 Å². The molecule has 0 fully saturated rings. The topological polar surface area (TPSA) is 79.9 Å². The summed E-state index contributed by atoms with van der Waals surface area (Å²) in [5, 5.41) is 20.0. The van der Waals surface area contributed by atoms with Crippen molar-refractivity contribution in [2.24, 2.45) is 0 Å². The molecule has 2 N–H and O–H groups in total. The molecule has 3 aromatic rings. The fourth-order valence-electron chi connectivity index (χ4n) is 2.91. The van der Waals surface area contributed by atoms with Crippen LogP contribution >= 0.6 is 0 Å². The number of phenolic OH excluding ortho intramolecular Hbond substituents is 2. The molecule has 2 aromatic carbocycles. The molecule has 0 saturated heterocycles. The standard InChI is InChI=1S/C20H16O5/c1-20(2)8-7-13-14(22)9-17-18(19(13)25-20)15(23)10-16(24-17)11-3-5-12(21)6-4-11/h3-10,21-22H,1-2H3. The van der Waals surface area contributed by atoms with Crippen molar-refractivity contribution in [2.75, 3.05) is 0 Å². The predicted molar refractivity (Wildman–Crippen MR) is 95.0 cm³/mol. The average molecular weight is 336 g/mol. The molecule has 2 heterocycles. The molecule has 1 aliphatic heterocycles. The van der Waals surface area contributed by atoms with Crippen LogP contribution < -0.4 is 10.2 Å². The number of hydrogen-bond donors (Lipinski definition) is 2. The van der Waals surface area contributed by atoms with Gasteiger partial charge in [0.2, 0.25) is 0 Å². The lowest BCUT2D eigenvalue weighted by Gasteiger charge is -2.28. The molecule has 1 aliphatic rings. The van der Waals surface area contributed by atoms with Crippen molar-refractivity contribution >= 4 is 17.0 Å². The maximum Gasteiger partial charge on any atom is 0.197 e. The summed E-state index contributed by atoms with van der Waals surface area (Å²) >= 11 is 0. The van der Waals surface area contributed by atoms with Gasteiger partial charge in [0, 0.05) is 17.7 Å². The minimum atomic E-state index is -0.588. The highest BCUT2D eigenvalue weighted by Gasteiger charge is 2.27. The zero-order valence-electron chi connectivity index (χ0n) is 13.7. The van der Waals surface area contributed by atoms with Gasteiger partial charge in [-0.1, -0.05) is 0 Å². The molecule has 5 heteroatoms. The summed E-state index contributed by atoms with van der Waals surface area (Å²) in [5.74, 6) is 0.789. The normalized spacial score (nSPS) is 15.0. The number of benzene rings is 2. The molecule has 0 saturated carbocycles. The van der Waals surface area contributed by atoms with Crippen LogP contribution in [0.25, 0.3) is 28.4 Å². The third-order valence-corrected chi connectivity index (χ3v) is 4.16. The number of hydrogen-bond acceptors (Lipinski definition) is 5. The van der Waals surface area contributed by atoms with E-state index in [9.17, 15) is 15.0 Å². The van der Waals surface area contributed by atoms with E-state index in [0.29, 0.717) is 28.0 Å². The van der Waals surface area contributed by atoms with Crippen molar-refractivity contribution < 1.29 is 19.4 Å². The van der Waals surface area contributed by atoms with Crippen LogP contribution in [-0.4, -0.2) is 15.8 Å². The van der Waals surface area contributed by atoms with E-state index >= 15 is 0 Å². The van der Waals surface area contributed by atoms with E-state index in [0.717, 1.165) is 0 Å². The smallest absolute Gasteiger partial charge is 0.197 e. The first-order valence-electron chi connectivity index (χ1n) is 7.85. The van der Waals surface area contributed by atoms with Crippen LogP contribution in [0.2, 0.25) is 0 Å². The summed E-state index contributed by atoms with van der Waals surface area (Å²) in [5.41, 5.74) is 0.520. The van der Waals surface area contributed by atoms with Crippen LogP contribution in [0.5, 0.6) is 17.2 Å². The quantitative estimate of drug-likeness (QED) is 0.700. The maximum absolute atomic E-state index is 12.7. The van der Waals surface area contributed by atoms with E-state index in [1.54, 1.807) is 18.2 Å². The van der Waals surface area contributed by atoms with E-state index < -0.39 is 5.60 Å². The van der Waals surface area contributed by atoms with Gasteiger partial charge in [0.1, 0.15) is 39.6 Å². The predicted octanol–water partition coefficient (Wildman–Crippen LogP) is 4.06. The Morgan fingerprint density at radius 3 is 2.48 bits per heavy atom. The van der Waals surface area contributed by atoms with Gasteiger partial charge in [-0.05, 0) is 50.3 Å². The summed E-state index contributed by atoms with van der Waals surface area (Å²) in [6, 6.07) is 9.15. The van der Waals surface area contributed by atoms with Crippen molar-refractivity contribution in [1.29, 1.82) is 0 Å². The molecular formula is C20H16O5. The van der Waals surface area contributed by atoms with Gasteiger partial charge in [-0.15, -0.1) is 0 Å². The fourth-order valence-corrected chi connectivity index (χ4v) is 2.91. The second-order valence-corrected chi connectivity index (χ2v) is 6.57. The first kappa shape index (κ1) is 15.3. The largest absolute Gasteiger partial charge is 0.508 e. The first-order valence-corrected chi connectivity index (χ1v) is 7.85. The van der Waals surface area contributed by atoms with E-state index in [1.165, 1.54) is 24.3 Å². The van der Waals surface area contributed by atoms with Gasteiger partial charge >= 0.3 is 0 Å². The zero-order valence-corrected chi connectivity index (χ0v) is 13.7. The molecule has 0 radical (unpaired) electrons. The Morgan fingerprint density at radius 2 is 1.76 bits per heavy atom. The molecule has 0 aliphatic carbocycles. The molecule has 1 aromatic heterocycles. The molecule has 0 unspecified atom stereocenters. The number of ether oxygens (including phenoxy) is 1. The fraction of sp³-hybridized carbons (Fsp3) is 0.150. The molecular weight excluding hydrogens is 320 g/mol. The Labute approximate surface area is 143 Å². The van der Waals surface area contributed by atoms with Crippen molar-refractivity contribution in [1.82, 2.24) is 0 Å². The van der Waals surface area contributed by atoms with Gasteiger partial charge < -0.3 is 19.4 Å². The summed E-state index contributed by atoms with van der Waals surface area (Å²) in [4.78, 5) is 12.7. The van der Waals surface area contributed by atoms with Crippen molar-refractivity contribution in [2.45, 2.75) is 19.4 Å². The van der Waals surface area contributed by atoms with Crippen molar-refractivity contribution in [3.63, 3.8) is 0 Å². The van der Waals surface area contributed by atoms with Crippen LogP contribution in [0.1, 0.15) is 19.4 Å². The van der Waals surface area contributed by atoms with Gasteiger partial charge in [0.15, 0.2) is 5.43 Å². The summed E-state index contributed by atoms with van der Waals surface area (Å²) in [7, 11) is 0. The van der Waals surface area contributed by atoms with Gasteiger partial charge in [-0.25, -0.2) is 0 Å². The maximum atomic E-state index is 12.7. The van der Waals surface area contributed by atoms with Crippen LogP contribution in [0.3, 0.4) is 0 Å². The Hall–Kier alpha value is -3.21. The summed E-state index contributed by atoms with van der Waals surface area (Å²) in [6.45, 7) is 3.74. The molecule has 5 nitrogen and oxygen atoms in total. The van der Waals surface area contributed by atoms with Gasteiger partial charge in [-0.2, -0.15) is 0 Å². The second-order valence-electron chi connectivity index (χ2n) is 6.57. The number of phenols is 2. The molecule has 126 valence electrons. The average Bonchev–Trinajstić information content (AvgIpc) is 2.53. The van der Waals surface area contributed by atoms with Crippen LogP contribution in [0.4, 0.5) is 0 Å². The molecule has 4 rings (SSSR count). The minimum absolute atomic E-state index is 0.0137. The highest BCUT2D eigenvalue weighted by Crippen LogP contribution is 2.41. The summed E-state index contributed by atoms with van der Waals surface area (Å²) in [6.07, 6.45) is 3.58. The molecule has 0 bridgehead atoms. The zero-order chi connectivity index (χ0) is 17.8. The Balaban J connectivity index is 1.99. The third-order valence-electron chi connectivity index (χ3n) is 4.16. The molecule has 0 spiro atoms. The van der Waals surface area contributed by atoms with E-state index in [2.05, 4.69) is 0 Å². The highest BCUT2D eigenvalue weighted by atomic mass is 16.5. The lowest BCUT2D eigenvalue weighted by molar-refractivity contribution is 0.160. The van der Waals surface area contributed by atoms with Crippen LogP contribution in [0.15, 0.2) is 51.7 Å². The monoisotopic (exact) mass is 336 g/mol. The van der Waals surface area contributed by atoms with Crippen LogP contribution in [-0.2, 0) is 0 Å². The second kappa shape index (κ2) is 5.14. The third kappa shape index (κ3) is 2.54. The number of aromatic hydroxyl groups is 2. The highest BCUT2D eigenvalue weighted by molar-refractivity contribution is 5.92. The number of rotatable bonds is 1. The van der Waals surface area contributed by atoms with Crippen molar-refractivity contribution in [3.05, 3.63) is 58.3 Å². The number of fused-ring (bicyclic) bond motifs is 3. The first-order chi connectivity index (χ1) is 11.8. The SMILES string of the molecule is CC1(C)C=Cc2c(O)cc3oc(-c4ccc(O)cc4)cc(=O)c3c2O1. The Bertz CT molecular complexity index is 1070. The summed E-state index contributed by atoms with van der Waals surface area (Å²) < 4.78 is 11.8. The minimum Gasteiger partial charge on any atom is -0.508 e. The van der Waals surface area contributed by atoms with Crippen molar-refractivity contribution in [3.8, 4) is 28.6 Å². The molecule has 0 atom stereocenters. The van der Waals surface area contributed by atoms with E-state index in [-0.39, 0.29) is 22.5 Å². The lowest BCUT2D eigenvalue weighted by Crippen LogP contribution is -2.28. The Morgan fingerprint density at radius 1 is 1.04 bits per heavy atom. The van der Waals surface area contributed by atoms with Gasteiger partial charge in [0.05, 0.1) is 5.56 Å². The molecule has 0 amide bonds. The van der Waals surface area contributed by atoms with Gasteiger partial charge in [0.25, 0.3) is 0 Å². The Kier molecular flexibility index (Phi) is 3.15. The van der Waals surface area contributed by atoms with E-state index in [1.807, 2.05) is 19.9 Å². The lowest BCUT2D eigenvalue weighted by atomic mass is 9.99. The molecule has 25 heavy (non-hydrogen) atoms. The van der Waals surface area contributed by atoms with Gasteiger partial charge in [-0.3, -0.25) is 4.79 Å². The van der Waals surface area contributed by atoms with E-state index in [4.69, 9.17) is 9.15 Å².